The Morgan fingerprint density at radius 2 is 2.00 bits per heavy atom. The monoisotopic (exact) mass is 276 g/mol. The molecule has 0 radical (unpaired) electrons. The number of hydrogen-bond donors (Lipinski definition) is 0. The van der Waals surface area contributed by atoms with Gasteiger partial charge in [0.25, 0.3) is 5.91 Å². The number of thiazole rings is 1. The zero-order valence-electron chi connectivity index (χ0n) is 11.2. The molecule has 1 aromatic carbocycles. The van der Waals surface area contributed by atoms with Crippen LogP contribution in [0.5, 0.6) is 5.75 Å². The van der Waals surface area contributed by atoms with Crippen molar-refractivity contribution in [2.45, 2.75) is 13.8 Å². The molecule has 0 spiro atoms. The van der Waals surface area contributed by atoms with E-state index in [-0.39, 0.29) is 12.5 Å². The van der Waals surface area contributed by atoms with Crippen molar-refractivity contribution < 1.29 is 9.53 Å². The van der Waals surface area contributed by atoms with E-state index in [0.717, 1.165) is 11.3 Å². The van der Waals surface area contributed by atoms with Crippen LogP contribution in [0.1, 0.15) is 11.3 Å². The van der Waals surface area contributed by atoms with Gasteiger partial charge in [-0.15, -0.1) is 11.3 Å². The predicted molar refractivity (Wildman–Crippen MR) is 76.9 cm³/mol. The number of amides is 1. The molecule has 0 saturated heterocycles. The SMILES string of the molecule is Cc1ccc(OCC(=O)N(C)c2nc(C)cs2)cc1. The number of carbonyl (C=O) groups is 1. The van der Waals surface area contributed by atoms with E-state index in [1.165, 1.54) is 16.2 Å². The summed E-state index contributed by atoms with van der Waals surface area (Å²) in [5, 5.41) is 2.61. The van der Waals surface area contributed by atoms with Gasteiger partial charge in [-0.1, -0.05) is 17.7 Å². The minimum Gasteiger partial charge on any atom is -0.484 e. The molecule has 19 heavy (non-hydrogen) atoms. The van der Waals surface area contributed by atoms with Gasteiger partial charge < -0.3 is 4.74 Å². The normalized spacial score (nSPS) is 10.3. The molecule has 0 N–H and O–H groups in total. The Morgan fingerprint density at radius 1 is 1.32 bits per heavy atom. The van der Waals surface area contributed by atoms with Gasteiger partial charge in [0.05, 0.1) is 5.69 Å². The second-order valence-electron chi connectivity index (χ2n) is 4.33. The molecule has 1 heterocycles. The Balaban J connectivity index is 1.92. The average Bonchev–Trinajstić information content (AvgIpc) is 2.83. The summed E-state index contributed by atoms with van der Waals surface area (Å²) in [7, 11) is 1.71. The summed E-state index contributed by atoms with van der Waals surface area (Å²) in [6, 6.07) is 7.62. The van der Waals surface area contributed by atoms with Crippen molar-refractivity contribution in [2.24, 2.45) is 0 Å². The number of aromatic nitrogens is 1. The van der Waals surface area contributed by atoms with Crippen LogP contribution in [0.25, 0.3) is 0 Å². The number of benzene rings is 1. The summed E-state index contributed by atoms with van der Waals surface area (Å²) in [5.41, 5.74) is 2.08. The first-order chi connectivity index (χ1) is 9.06. The van der Waals surface area contributed by atoms with Crippen LogP contribution in [-0.4, -0.2) is 24.5 Å². The standard InChI is InChI=1S/C14H16N2O2S/c1-10-4-6-12(7-5-10)18-8-13(17)16(3)14-15-11(2)9-19-14/h4-7,9H,8H2,1-3H3. The highest BCUT2D eigenvalue weighted by Crippen LogP contribution is 2.19. The van der Waals surface area contributed by atoms with Gasteiger partial charge in [-0.05, 0) is 26.0 Å². The van der Waals surface area contributed by atoms with Crippen molar-refractivity contribution in [3.05, 3.63) is 40.9 Å². The molecule has 0 aliphatic carbocycles. The zero-order valence-corrected chi connectivity index (χ0v) is 12.0. The van der Waals surface area contributed by atoms with Crippen LogP contribution in [0, 0.1) is 13.8 Å². The van der Waals surface area contributed by atoms with E-state index in [0.29, 0.717) is 10.9 Å². The van der Waals surface area contributed by atoms with E-state index in [9.17, 15) is 4.79 Å². The maximum atomic E-state index is 12.0. The Labute approximate surface area is 116 Å². The smallest absolute Gasteiger partial charge is 0.266 e. The molecule has 1 amide bonds. The third kappa shape index (κ3) is 3.54. The van der Waals surface area contributed by atoms with Gasteiger partial charge in [0.1, 0.15) is 5.75 Å². The molecule has 0 unspecified atom stereocenters. The van der Waals surface area contributed by atoms with Gasteiger partial charge in [0.15, 0.2) is 11.7 Å². The van der Waals surface area contributed by atoms with Crippen molar-refractivity contribution in [3.63, 3.8) is 0 Å². The predicted octanol–water partition coefficient (Wildman–Crippen LogP) is 2.80. The first kappa shape index (κ1) is 13.5. The minimum atomic E-state index is -0.116. The number of anilines is 1. The number of likely N-dealkylation sites (N-methyl/N-ethyl adjacent to an activating group) is 1. The molecular weight excluding hydrogens is 260 g/mol. The topological polar surface area (TPSA) is 42.4 Å². The summed E-state index contributed by atoms with van der Waals surface area (Å²) in [6.07, 6.45) is 0. The molecule has 1 aromatic heterocycles. The molecule has 0 bridgehead atoms. The molecule has 0 atom stereocenters. The molecule has 0 saturated carbocycles. The summed E-state index contributed by atoms with van der Waals surface area (Å²) < 4.78 is 5.46. The Hall–Kier alpha value is -1.88. The van der Waals surface area contributed by atoms with Crippen LogP contribution in [0.2, 0.25) is 0 Å². The summed E-state index contributed by atoms with van der Waals surface area (Å²) in [4.78, 5) is 17.7. The molecule has 5 heteroatoms. The van der Waals surface area contributed by atoms with E-state index in [2.05, 4.69) is 4.98 Å². The van der Waals surface area contributed by atoms with Crippen molar-refractivity contribution in [3.8, 4) is 5.75 Å². The Morgan fingerprint density at radius 3 is 2.58 bits per heavy atom. The fourth-order valence-corrected chi connectivity index (χ4v) is 2.26. The van der Waals surface area contributed by atoms with E-state index < -0.39 is 0 Å². The van der Waals surface area contributed by atoms with Crippen LogP contribution in [-0.2, 0) is 4.79 Å². The number of hydrogen-bond acceptors (Lipinski definition) is 4. The fourth-order valence-electron chi connectivity index (χ4n) is 1.48. The van der Waals surface area contributed by atoms with Crippen molar-refractivity contribution in [1.29, 1.82) is 0 Å². The number of ether oxygens (including phenoxy) is 1. The molecule has 4 nitrogen and oxygen atoms in total. The molecule has 100 valence electrons. The maximum Gasteiger partial charge on any atom is 0.266 e. The maximum absolute atomic E-state index is 12.0. The first-order valence-corrected chi connectivity index (χ1v) is 6.82. The lowest BCUT2D eigenvalue weighted by molar-refractivity contribution is -0.120. The Bertz CT molecular complexity index is 563. The minimum absolute atomic E-state index is 0.0121. The lowest BCUT2D eigenvalue weighted by Crippen LogP contribution is -2.31. The average molecular weight is 276 g/mol. The highest BCUT2D eigenvalue weighted by atomic mass is 32.1. The molecule has 2 aromatic rings. The van der Waals surface area contributed by atoms with Crippen LogP contribution in [0.3, 0.4) is 0 Å². The van der Waals surface area contributed by atoms with Crippen LogP contribution >= 0.6 is 11.3 Å². The molecule has 0 fully saturated rings. The van der Waals surface area contributed by atoms with Gasteiger partial charge in [-0.25, -0.2) is 4.98 Å². The second-order valence-corrected chi connectivity index (χ2v) is 5.16. The summed E-state index contributed by atoms with van der Waals surface area (Å²) in [5.74, 6) is 0.581. The van der Waals surface area contributed by atoms with Gasteiger partial charge in [-0.2, -0.15) is 0 Å². The van der Waals surface area contributed by atoms with E-state index in [1.807, 2.05) is 43.5 Å². The second kappa shape index (κ2) is 5.84. The van der Waals surface area contributed by atoms with E-state index in [1.54, 1.807) is 7.05 Å². The van der Waals surface area contributed by atoms with Crippen molar-refractivity contribution in [2.75, 3.05) is 18.6 Å². The van der Waals surface area contributed by atoms with E-state index >= 15 is 0 Å². The number of rotatable bonds is 4. The van der Waals surface area contributed by atoms with Gasteiger partial charge in [0, 0.05) is 12.4 Å². The molecular formula is C14H16N2O2S. The largest absolute Gasteiger partial charge is 0.484 e. The van der Waals surface area contributed by atoms with Gasteiger partial charge in [0.2, 0.25) is 0 Å². The third-order valence-electron chi connectivity index (χ3n) is 2.65. The highest BCUT2D eigenvalue weighted by Gasteiger charge is 2.14. The van der Waals surface area contributed by atoms with Gasteiger partial charge in [-0.3, -0.25) is 9.69 Å². The Kier molecular flexibility index (Phi) is 4.16. The van der Waals surface area contributed by atoms with Crippen molar-refractivity contribution in [1.82, 2.24) is 4.98 Å². The molecule has 0 aliphatic heterocycles. The molecule has 2 rings (SSSR count). The quantitative estimate of drug-likeness (QED) is 0.862. The summed E-state index contributed by atoms with van der Waals surface area (Å²) >= 11 is 1.45. The lowest BCUT2D eigenvalue weighted by atomic mass is 10.2. The van der Waals surface area contributed by atoms with Crippen LogP contribution in [0.15, 0.2) is 29.6 Å². The zero-order chi connectivity index (χ0) is 13.8. The third-order valence-corrected chi connectivity index (χ3v) is 3.69. The number of nitrogens with zero attached hydrogens (tertiary/aromatic N) is 2. The highest BCUT2D eigenvalue weighted by molar-refractivity contribution is 7.14. The van der Waals surface area contributed by atoms with Crippen LogP contribution < -0.4 is 9.64 Å². The number of carbonyl (C=O) groups excluding carboxylic acids is 1. The van der Waals surface area contributed by atoms with Crippen LogP contribution in [0.4, 0.5) is 5.13 Å². The molecule has 0 aliphatic rings. The van der Waals surface area contributed by atoms with Gasteiger partial charge >= 0.3 is 0 Å². The first-order valence-electron chi connectivity index (χ1n) is 5.94. The lowest BCUT2D eigenvalue weighted by Gasteiger charge is -2.14. The summed E-state index contributed by atoms with van der Waals surface area (Å²) in [6.45, 7) is 3.92. The number of aryl methyl sites for hydroxylation is 2. The fraction of sp³-hybridized carbons (Fsp3) is 0.286. The van der Waals surface area contributed by atoms with E-state index in [4.69, 9.17) is 4.74 Å². The van der Waals surface area contributed by atoms with Crippen molar-refractivity contribution >= 4 is 22.4 Å².